The maximum Gasteiger partial charge on any atom is 0.317 e. The molecule has 2 N–H and O–H groups in total. The number of carboxylic acid groups (broad SMARTS) is 1. The molecule has 0 saturated heterocycles. The van der Waals surface area contributed by atoms with E-state index in [1.807, 2.05) is 18.2 Å². The fourth-order valence-electron chi connectivity index (χ4n) is 2.59. The Morgan fingerprint density at radius 1 is 1.52 bits per heavy atom. The van der Waals surface area contributed by atoms with Crippen molar-refractivity contribution in [3.8, 4) is 0 Å². The predicted molar refractivity (Wildman–Crippen MR) is 80.5 cm³/mol. The fourth-order valence-corrected chi connectivity index (χ4v) is 2.87. The van der Waals surface area contributed by atoms with Crippen LogP contribution in [0.2, 0.25) is 5.02 Å². The van der Waals surface area contributed by atoms with Crippen molar-refractivity contribution < 1.29 is 14.7 Å². The molecule has 0 heterocycles. The van der Waals surface area contributed by atoms with Gasteiger partial charge in [0.25, 0.3) is 0 Å². The van der Waals surface area contributed by atoms with Crippen LogP contribution in [0.5, 0.6) is 0 Å². The standard InChI is InChI=1S/C15H19ClN2O3/c1-9(14(19)20)8-18(2)15(21)17-13-7-6-10-11(13)4-3-5-12(10)16/h3-5,9,13H,6-8H2,1-2H3,(H,17,21)(H,19,20). The van der Waals surface area contributed by atoms with Crippen LogP contribution in [0.25, 0.3) is 0 Å². The lowest BCUT2D eigenvalue weighted by Crippen LogP contribution is -2.41. The summed E-state index contributed by atoms with van der Waals surface area (Å²) in [6.45, 7) is 1.76. The summed E-state index contributed by atoms with van der Waals surface area (Å²) in [4.78, 5) is 24.4. The molecule has 1 aliphatic carbocycles. The van der Waals surface area contributed by atoms with E-state index < -0.39 is 11.9 Å². The number of nitrogens with one attached hydrogen (secondary N) is 1. The molecule has 21 heavy (non-hydrogen) atoms. The molecule has 1 aliphatic rings. The lowest BCUT2D eigenvalue weighted by molar-refractivity contribution is -0.141. The molecule has 2 atom stereocenters. The van der Waals surface area contributed by atoms with Crippen LogP contribution in [-0.4, -0.2) is 35.6 Å². The zero-order valence-corrected chi connectivity index (χ0v) is 12.9. The largest absolute Gasteiger partial charge is 0.481 e. The molecule has 1 aromatic carbocycles. The lowest BCUT2D eigenvalue weighted by Gasteiger charge is -2.23. The van der Waals surface area contributed by atoms with Gasteiger partial charge in [-0.2, -0.15) is 0 Å². The number of urea groups is 1. The summed E-state index contributed by atoms with van der Waals surface area (Å²) < 4.78 is 0. The van der Waals surface area contributed by atoms with E-state index in [4.69, 9.17) is 16.7 Å². The van der Waals surface area contributed by atoms with E-state index in [0.717, 1.165) is 29.0 Å². The van der Waals surface area contributed by atoms with Gasteiger partial charge in [-0.3, -0.25) is 4.79 Å². The van der Waals surface area contributed by atoms with Crippen molar-refractivity contribution in [1.29, 1.82) is 0 Å². The van der Waals surface area contributed by atoms with Crippen LogP contribution in [0.4, 0.5) is 4.79 Å². The Bertz CT molecular complexity index is 562. The van der Waals surface area contributed by atoms with Gasteiger partial charge in [-0.1, -0.05) is 30.7 Å². The first kappa shape index (κ1) is 15.6. The number of carbonyl (C=O) groups excluding carboxylic acids is 1. The molecule has 0 radical (unpaired) electrons. The summed E-state index contributed by atoms with van der Waals surface area (Å²) in [7, 11) is 1.60. The number of amides is 2. The van der Waals surface area contributed by atoms with E-state index in [1.165, 1.54) is 4.90 Å². The SMILES string of the molecule is CC(CN(C)C(=O)NC1CCc2c(Cl)cccc21)C(=O)O. The summed E-state index contributed by atoms with van der Waals surface area (Å²) in [5.74, 6) is -1.50. The van der Waals surface area contributed by atoms with Gasteiger partial charge >= 0.3 is 12.0 Å². The van der Waals surface area contributed by atoms with Gasteiger partial charge in [0, 0.05) is 18.6 Å². The van der Waals surface area contributed by atoms with Crippen LogP contribution >= 0.6 is 11.6 Å². The Labute approximate surface area is 128 Å². The predicted octanol–water partition coefficient (Wildman–Crippen LogP) is 2.69. The van der Waals surface area contributed by atoms with E-state index in [-0.39, 0.29) is 18.6 Å². The third kappa shape index (κ3) is 3.47. The second-order valence-electron chi connectivity index (χ2n) is 5.47. The van der Waals surface area contributed by atoms with Crippen LogP contribution in [0.15, 0.2) is 18.2 Å². The second-order valence-corrected chi connectivity index (χ2v) is 5.88. The van der Waals surface area contributed by atoms with Gasteiger partial charge in [0.15, 0.2) is 0 Å². The van der Waals surface area contributed by atoms with Crippen molar-refractivity contribution in [3.05, 3.63) is 34.3 Å². The van der Waals surface area contributed by atoms with Crippen molar-refractivity contribution in [1.82, 2.24) is 10.2 Å². The summed E-state index contributed by atoms with van der Waals surface area (Å²) in [6.07, 6.45) is 1.66. The minimum atomic E-state index is -0.910. The van der Waals surface area contributed by atoms with Crippen LogP contribution < -0.4 is 5.32 Å². The Kier molecular flexibility index (Phi) is 4.73. The molecule has 2 amide bonds. The third-order valence-corrected chi connectivity index (χ3v) is 4.18. The smallest absolute Gasteiger partial charge is 0.317 e. The molecule has 0 aromatic heterocycles. The number of carbonyl (C=O) groups is 2. The average molecular weight is 311 g/mol. The average Bonchev–Trinajstić information content (AvgIpc) is 2.83. The second kappa shape index (κ2) is 6.35. The molecule has 0 spiro atoms. The zero-order chi connectivity index (χ0) is 15.6. The van der Waals surface area contributed by atoms with Crippen LogP contribution in [0.3, 0.4) is 0 Å². The highest BCUT2D eigenvalue weighted by atomic mass is 35.5. The zero-order valence-electron chi connectivity index (χ0n) is 12.1. The van der Waals surface area contributed by atoms with Crippen molar-refractivity contribution >= 4 is 23.6 Å². The van der Waals surface area contributed by atoms with E-state index in [2.05, 4.69) is 5.32 Å². The van der Waals surface area contributed by atoms with E-state index in [1.54, 1.807) is 14.0 Å². The van der Waals surface area contributed by atoms with E-state index in [9.17, 15) is 9.59 Å². The number of fused-ring (bicyclic) bond motifs is 1. The normalized spacial score (nSPS) is 18.0. The van der Waals surface area contributed by atoms with Crippen molar-refractivity contribution in [3.63, 3.8) is 0 Å². The molecular weight excluding hydrogens is 292 g/mol. The highest BCUT2D eigenvalue weighted by molar-refractivity contribution is 6.31. The Hall–Kier alpha value is -1.75. The van der Waals surface area contributed by atoms with Crippen LogP contribution in [0.1, 0.15) is 30.5 Å². The van der Waals surface area contributed by atoms with Crippen molar-refractivity contribution in [2.75, 3.05) is 13.6 Å². The number of nitrogens with zero attached hydrogens (tertiary/aromatic N) is 1. The number of rotatable bonds is 4. The molecule has 0 saturated carbocycles. The number of carboxylic acids is 1. The van der Waals surface area contributed by atoms with Crippen molar-refractivity contribution in [2.24, 2.45) is 5.92 Å². The molecule has 6 heteroatoms. The quantitative estimate of drug-likeness (QED) is 0.898. The molecule has 0 aliphatic heterocycles. The number of hydrogen-bond donors (Lipinski definition) is 2. The third-order valence-electron chi connectivity index (χ3n) is 3.83. The molecule has 5 nitrogen and oxygen atoms in total. The summed E-state index contributed by atoms with van der Waals surface area (Å²) in [6, 6.07) is 5.38. The fraction of sp³-hybridized carbons (Fsp3) is 0.467. The first-order chi connectivity index (χ1) is 9.90. The number of hydrogen-bond acceptors (Lipinski definition) is 2. The van der Waals surface area contributed by atoms with Gasteiger partial charge in [-0.25, -0.2) is 4.79 Å². The summed E-state index contributed by atoms with van der Waals surface area (Å²) in [5, 5.41) is 12.6. The Morgan fingerprint density at radius 2 is 2.24 bits per heavy atom. The maximum absolute atomic E-state index is 12.1. The molecule has 0 fully saturated rings. The molecule has 0 bridgehead atoms. The number of benzene rings is 1. The topological polar surface area (TPSA) is 69.6 Å². The molecule has 114 valence electrons. The molecule has 2 rings (SSSR count). The van der Waals surface area contributed by atoms with Gasteiger partial charge in [-0.05, 0) is 30.0 Å². The van der Waals surface area contributed by atoms with Crippen LogP contribution in [0, 0.1) is 5.92 Å². The van der Waals surface area contributed by atoms with Gasteiger partial charge in [0.2, 0.25) is 0 Å². The Morgan fingerprint density at radius 3 is 2.90 bits per heavy atom. The number of aliphatic carboxylic acids is 1. The van der Waals surface area contributed by atoms with E-state index >= 15 is 0 Å². The lowest BCUT2D eigenvalue weighted by atomic mass is 10.1. The maximum atomic E-state index is 12.1. The van der Waals surface area contributed by atoms with Gasteiger partial charge in [0.1, 0.15) is 0 Å². The molecule has 1 aromatic rings. The van der Waals surface area contributed by atoms with Gasteiger partial charge < -0.3 is 15.3 Å². The van der Waals surface area contributed by atoms with Crippen molar-refractivity contribution in [2.45, 2.75) is 25.8 Å². The number of halogens is 1. The monoisotopic (exact) mass is 310 g/mol. The minimum absolute atomic E-state index is 0.0613. The first-order valence-electron chi connectivity index (χ1n) is 6.92. The minimum Gasteiger partial charge on any atom is -0.481 e. The van der Waals surface area contributed by atoms with Gasteiger partial charge in [-0.15, -0.1) is 0 Å². The van der Waals surface area contributed by atoms with E-state index in [0.29, 0.717) is 0 Å². The molecule has 2 unspecified atom stereocenters. The highest BCUT2D eigenvalue weighted by Crippen LogP contribution is 2.35. The molecular formula is C15H19ClN2O3. The Balaban J connectivity index is 1.99. The van der Waals surface area contributed by atoms with Crippen LogP contribution in [-0.2, 0) is 11.2 Å². The summed E-state index contributed by atoms with van der Waals surface area (Å²) in [5.41, 5.74) is 2.14. The highest BCUT2D eigenvalue weighted by Gasteiger charge is 2.27. The first-order valence-corrected chi connectivity index (χ1v) is 7.29. The van der Waals surface area contributed by atoms with Gasteiger partial charge in [0.05, 0.1) is 12.0 Å². The summed E-state index contributed by atoms with van der Waals surface area (Å²) >= 11 is 6.15.